The number of rotatable bonds is 2. The first-order chi connectivity index (χ1) is 10.0. The highest BCUT2D eigenvalue weighted by atomic mass is 19.4. The predicted molar refractivity (Wildman–Crippen MR) is 72.2 cm³/mol. The Morgan fingerprint density at radius 2 is 1.90 bits per heavy atom. The van der Waals surface area contributed by atoms with Crippen molar-refractivity contribution in [1.82, 2.24) is 20.5 Å². The molecule has 2 aliphatic rings. The molecule has 0 bridgehead atoms. The number of hydrogen-bond acceptors (Lipinski definition) is 4. The topological polar surface area (TPSA) is 56.8 Å². The van der Waals surface area contributed by atoms with Gasteiger partial charge in [-0.15, -0.1) is 5.10 Å². The molecule has 2 atom stereocenters. The third kappa shape index (κ3) is 3.30. The van der Waals surface area contributed by atoms with Gasteiger partial charge in [0, 0.05) is 32.1 Å². The van der Waals surface area contributed by atoms with Gasteiger partial charge in [-0.25, -0.2) is 0 Å². The van der Waals surface area contributed by atoms with E-state index in [-0.39, 0.29) is 18.8 Å². The molecular formula is C13H20F3N5. The molecule has 1 saturated carbocycles. The van der Waals surface area contributed by atoms with Gasteiger partial charge < -0.3 is 10.2 Å². The number of aromatic amines is 1. The van der Waals surface area contributed by atoms with Crippen LogP contribution in [-0.4, -0.2) is 47.5 Å². The van der Waals surface area contributed by atoms with E-state index in [2.05, 4.69) is 25.4 Å². The second kappa shape index (κ2) is 5.82. The molecule has 1 aliphatic heterocycles. The number of piperazine rings is 1. The van der Waals surface area contributed by atoms with Crippen molar-refractivity contribution >= 4 is 5.95 Å². The molecule has 1 aromatic rings. The zero-order valence-electron chi connectivity index (χ0n) is 11.8. The SMILES string of the molecule is FC(F)(F)C1CCCC(c2nc(N3CCNCC3)n[nH]2)C1. The Hall–Kier alpha value is -1.31. The predicted octanol–water partition coefficient (Wildman–Crippen LogP) is 2.05. The van der Waals surface area contributed by atoms with Gasteiger partial charge in [-0.3, -0.25) is 5.10 Å². The summed E-state index contributed by atoms with van der Waals surface area (Å²) in [6.07, 6.45) is -2.39. The third-order valence-corrected chi connectivity index (χ3v) is 4.41. The summed E-state index contributed by atoms with van der Waals surface area (Å²) >= 11 is 0. The van der Waals surface area contributed by atoms with Crippen LogP contribution in [0.15, 0.2) is 0 Å². The van der Waals surface area contributed by atoms with E-state index in [0.29, 0.717) is 18.2 Å². The largest absolute Gasteiger partial charge is 0.391 e. The van der Waals surface area contributed by atoms with E-state index >= 15 is 0 Å². The van der Waals surface area contributed by atoms with Gasteiger partial charge in [0.2, 0.25) is 5.95 Å². The van der Waals surface area contributed by atoms with Crippen LogP contribution in [-0.2, 0) is 0 Å². The summed E-state index contributed by atoms with van der Waals surface area (Å²) < 4.78 is 38.6. The fraction of sp³-hybridized carbons (Fsp3) is 0.846. The number of anilines is 1. The van der Waals surface area contributed by atoms with E-state index in [9.17, 15) is 13.2 Å². The molecule has 118 valence electrons. The fourth-order valence-corrected chi connectivity index (χ4v) is 3.19. The maximum Gasteiger partial charge on any atom is 0.391 e. The summed E-state index contributed by atoms with van der Waals surface area (Å²) in [7, 11) is 0. The van der Waals surface area contributed by atoms with Crippen LogP contribution in [0.25, 0.3) is 0 Å². The normalized spacial score (nSPS) is 27.9. The van der Waals surface area contributed by atoms with Crippen molar-refractivity contribution in [3.05, 3.63) is 5.82 Å². The molecule has 2 fully saturated rings. The van der Waals surface area contributed by atoms with Crippen LogP contribution in [0.5, 0.6) is 0 Å². The standard InChI is InChI=1S/C13H20F3N5/c14-13(15,16)10-3-1-2-9(8-10)11-18-12(20-19-11)21-6-4-17-5-7-21/h9-10,17H,1-8H2,(H,18,19,20). The van der Waals surface area contributed by atoms with Gasteiger partial charge in [-0.05, 0) is 19.3 Å². The van der Waals surface area contributed by atoms with Crippen LogP contribution in [0.4, 0.5) is 19.1 Å². The maximum atomic E-state index is 12.9. The van der Waals surface area contributed by atoms with Crippen LogP contribution in [0.1, 0.15) is 37.4 Å². The molecule has 2 heterocycles. The Morgan fingerprint density at radius 3 is 2.62 bits per heavy atom. The quantitative estimate of drug-likeness (QED) is 0.878. The van der Waals surface area contributed by atoms with E-state index in [4.69, 9.17) is 0 Å². The number of nitrogens with zero attached hydrogens (tertiary/aromatic N) is 3. The Bertz CT molecular complexity index is 467. The highest BCUT2D eigenvalue weighted by molar-refractivity contribution is 5.30. The molecule has 8 heteroatoms. The average Bonchev–Trinajstić information content (AvgIpc) is 2.97. The zero-order chi connectivity index (χ0) is 14.9. The van der Waals surface area contributed by atoms with Gasteiger partial charge in [-0.2, -0.15) is 18.2 Å². The van der Waals surface area contributed by atoms with Gasteiger partial charge in [0.05, 0.1) is 5.92 Å². The summed E-state index contributed by atoms with van der Waals surface area (Å²) in [5, 5.41) is 10.3. The Labute approximate surface area is 121 Å². The highest BCUT2D eigenvalue weighted by Crippen LogP contribution is 2.42. The molecule has 2 N–H and O–H groups in total. The summed E-state index contributed by atoms with van der Waals surface area (Å²) in [6.45, 7) is 3.41. The first-order valence-electron chi connectivity index (χ1n) is 7.48. The number of nitrogens with one attached hydrogen (secondary N) is 2. The Morgan fingerprint density at radius 1 is 1.14 bits per heavy atom. The first-order valence-corrected chi connectivity index (χ1v) is 7.48. The second-order valence-electron chi connectivity index (χ2n) is 5.86. The van der Waals surface area contributed by atoms with E-state index in [0.717, 1.165) is 32.6 Å². The van der Waals surface area contributed by atoms with Crippen LogP contribution in [0.3, 0.4) is 0 Å². The van der Waals surface area contributed by atoms with Gasteiger partial charge in [-0.1, -0.05) is 6.42 Å². The van der Waals surface area contributed by atoms with Crippen molar-refractivity contribution in [1.29, 1.82) is 0 Å². The van der Waals surface area contributed by atoms with Crippen LogP contribution < -0.4 is 10.2 Å². The maximum absolute atomic E-state index is 12.9. The molecule has 1 saturated heterocycles. The van der Waals surface area contributed by atoms with Gasteiger partial charge >= 0.3 is 6.18 Å². The lowest BCUT2D eigenvalue weighted by Gasteiger charge is -2.29. The van der Waals surface area contributed by atoms with Gasteiger partial charge in [0.25, 0.3) is 0 Å². The summed E-state index contributed by atoms with van der Waals surface area (Å²) in [4.78, 5) is 6.49. The van der Waals surface area contributed by atoms with Crippen molar-refractivity contribution < 1.29 is 13.2 Å². The lowest BCUT2D eigenvalue weighted by Crippen LogP contribution is -2.44. The molecule has 21 heavy (non-hydrogen) atoms. The van der Waals surface area contributed by atoms with Crippen LogP contribution in [0.2, 0.25) is 0 Å². The molecule has 2 unspecified atom stereocenters. The van der Waals surface area contributed by atoms with Crippen molar-refractivity contribution in [2.45, 2.75) is 37.8 Å². The van der Waals surface area contributed by atoms with Crippen molar-refractivity contribution in [2.75, 3.05) is 31.1 Å². The molecule has 0 aromatic carbocycles. The molecule has 3 rings (SSSR count). The van der Waals surface area contributed by atoms with E-state index in [1.54, 1.807) is 0 Å². The monoisotopic (exact) mass is 303 g/mol. The lowest BCUT2D eigenvalue weighted by atomic mass is 9.80. The van der Waals surface area contributed by atoms with Crippen LogP contribution >= 0.6 is 0 Å². The van der Waals surface area contributed by atoms with Crippen LogP contribution in [0, 0.1) is 5.92 Å². The molecule has 0 radical (unpaired) electrons. The van der Waals surface area contributed by atoms with Gasteiger partial charge in [0.15, 0.2) is 0 Å². The smallest absolute Gasteiger partial charge is 0.337 e. The Balaban J connectivity index is 1.67. The van der Waals surface area contributed by atoms with Crippen molar-refractivity contribution in [3.8, 4) is 0 Å². The van der Waals surface area contributed by atoms with Crippen molar-refractivity contribution in [2.24, 2.45) is 5.92 Å². The third-order valence-electron chi connectivity index (χ3n) is 4.41. The zero-order valence-corrected chi connectivity index (χ0v) is 11.8. The summed E-state index contributed by atoms with van der Waals surface area (Å²) in [6, 6.07) is 0. The summed E-state index contributed by atoms with van der Waals surface area (Å²) in [5.41, 5.74) is 0. The first kappa shape index (κ1) is 14.6. The fourth-order valence-electron chi connectivity index (χ4n) is 3.19. The molecule has 5 nitrogen and oxygen atoms in total. The minimum absolute atomic E-state index is 0.125. The summed E-state index contributed by atoms with van der Waals surface area (Å²) in [5.74, 6) is -0.142. The molecule has 0 spiro atoms. The lowest BCUT2D eigenvalue weighted by molar-refractivity contribution is -0.183. The number of hydrogen-bond donors (Lipinski definition) is 2. The number of aromatic nitrogens is 3. The van der Waals surface area contributed by atoms with E-state index < -0.39 is 12.1 Å². The number of H-pyrrole nitrogens is 1. The van der Waals surface area contributed by atoms with Gasteiger partial charge in [0.1, 0.15) is 5.82 Å². The molecule has 0 amide bonds. The second-order valence-corrected chi connectivity index (χ2v) is 5.86. The Kier molecular flexibility index (Phi) is 4.05. The number of halogens is 3. The highest BCUT2D eigenvalue weighted by Gasteiger charge is 2.43. The molecular weight excluding hydrogens is 283 g/mol. The van der Waals surface area contributed by atoms with E-state index in [1.165, 1.54) is 0 Å². The molecule has 1 aromatic heterocycles. The minimum atomic E-state index is -4.10. The van der Waals surface area contributed by atoms with E-state index in [1.807, 2.05) is 0 Å². The van der Waals surface area contributed by atoms with Crippen molar-refractivity contribution in [3.63, 3.8) is 0 Å². The number of alkyl halides is 3. The minimum Gasteiger partial charge on any atom is -0.337 e. The average molecular weight is 303 g/mol. The molecule has 1 aliphatic carbocycles.